The Bertz CT molecular complexity index is 740. The lowest BCUT2D eigenvalue weighted by molar-refractivity contribution is -0.129. The number of hydrogen-bond acceptors (Lipinski definition) is 6. The first-order chi connectivity index (χ1) is 16.2. The van der Waals surface area contributed by atoms with E-state index in [1.54, 1.807) is 9.80 Å². The van der Waals surface area contributed by atoms with Crippen LogP contribution in [0.4, 0.5) is 0 Å². The highest BCUT2D eigenvalue weighted by atomic mass is 32.1. The van der Waals surface area contributed by atoms with Crippen molar-refractivity contribution >= 4 is 46.5 Å². The average Bonchev–Trinajstić information content (AvgIpc) is 3.24. The molecule has 2 aliphatic heterocycles. The van der Waals surface area contributed by atoms with E-state index in [4.69, 9.17) is 24.4 Å². The third-order valence-electron chi connectivity index (χ3n) is 7.30. The first kappa shape index (κ1) is 29.9. The lowest BCUT2D eigenvalue weighted by Gasteiger charge is -2.36. The van der Waals surface area contributed by atoms with Gasteiger partial charge in [0.05, 0.1) is 25.3 Å². The fourth-order valence-electron chi connectivity index (χ4n) is 4.93. The molecule has 2 N–H and O–H groups in total. The van der Waals surface area contributed by atoms with Gasteiger partial charge in [-0.05, 0) is 111 Å². The Morgan fingerprint density at radius 3 is 1.37 bits per heavy atom. The van der Waals surface area contributed by atoms with Crippen LogP contribution in [0.3, 0.4) is 0 Å². The monoisotopic (exact) mass is 528 g/mol. The molecule has 0 radical (unpaired) electrons. The maximum absolute atomic E-state index is 12.5. The minimum Gasteiger partial charge on any atom is -0.393 e. The van der Waals surface area contributed by atoms with Crippen molar-refractivity contribution in [2.45, 2.75) is 110 Å². The molecule has 2 unspecified atom stereocenters. The summed E-state index contributed by atoms with van der Waals surface area (Å²) in [5.41, 5.74) is -0.907. The predicted octanol–water partition coefficient (Wildman–Crippen LogP) is 2.89. The van der Waals surface area contributed by atoms with E-state index in [1.807, 2.05) is 51.3 Å². The van der Waals surface area contributed by atoms with Gasteiger partial charge in [-0.2, -0.15) is 0 Å². The van der Waals surface area contributed by atoms with Gasteiger partial charge in [-0.25, -0.2) is 0 Å². The van der Waals surface area contributed by atoms with Crippen LogP contribution in [0.25, 0.3) is 0 Å². The summed E-state index contributed by atoms with van der Waals surface area (Å²) in [5, 5.41) is 22.2. The van der Waals surface area contributed by atoms with Crippen LogP contribution >= 0.6 is 24.4 Å². The van der Waals surface area contributed by atoms with Crippen molar-refractivity contribution in [2.75, 3.05) is 26.2 Å². The van der Waals surface area contributed by atoms with Crippen LogP contribution in [0.2, 0.25) is 0 Å². The number of thiocarbonyl (C=S) groups is 2. The maximum atomic E-state index is 12.5. The highest BCUT2D eigenvalue weighted by Gasteiger charge is 2.42. The zero-order valence-corrected chi connectivity index (χ0v) is 23.9. The number of nitrogens with zero attached hydrogens (tertiary/aromatic N) is 4. The normalized spacial score (nSPS) is 19.4. The highest BCUT2D eigenvalue weighted by Crippen LogP contribution is 2.29. The highest BCUT2D eigenvalue weighted by molar-refractivity contribution is 7.80. The Morgan fingerprint density at radius 2 is 1.09 bits per heavy atom. The number of hydrogen-bond donors (Lipinski definition) is 2. The van der Waals surface area contributed by atoms with Crippen molar-refractivity contribution in [3.8, 4) is 0 Å². The van der Waals surface area contributed by atoms with Crippen molar-refractivity contribution in [1.29, 1.82) is 0 Å². The van der Waals surface area contributed by atoms with Crippen molar-refractivity contribution < 1.29 is 19.8 Å². The van der Waals surface area contributed by atoms with Crippen LogP contribution in [0.5, 0.6) is 0 Å². The second-order valence-corrected chi connectivity index (χ2v) is 11.7. The molecule has 0 aromatic carbocycles. The van der Waals surface area contributed by atoms with Crippen LogP contribution < -0.4 is 0 Å². The molecule has 2 atom stereocenters. The molecular weight excluding hydrogens is 484 g/mol. The summed E-state index contributed by atoms with van der Waals surface area (Å²) >= 11 is 11.0. The van der Waals surface area contributed by atoms with Gasteiger partial charge in [-0.3, -0.25) is 19.4 Å². The Hall–Kier alpha value is -1.36. The van der Waals surface area contributed by atoms with Gasteiger partial charge in [-0.15, -0.1) is 0 Å². The molecule has 2 amide bonds. The summed E-state index contributed by atoms with van der Waals surface area (Å²) in [6.45, 7) is 14.0. The third-order valence-corrected chi connectivity index (χ3v) is 8.18. The Morgan fingerprint density at radius 1 is 0.743 bits per heavy atom. The fourth-order valence-corrected chi connectivity index (χ4v) is 6.01. The van der Waals surface area contributed by atoms with Gasteiger partial charge in [0.25, 0.3) is 0 Å². The molecule has 35 heavy (non-hydrogen) atoms. The minimum atomic E-state index is -0.494. The standard InChI is InChI=1S/C25H44N4O4S2/c1-7-26-16-20(32)28(22(26)34)24(3,4)14-12-18(30)10-9-11-19(31)13-15-25(5,6)29-21(33)17-27(8-2)23(29)35/h18-19,30-31H,7-17H2,1-6H3. The molecule has 200 valence electrons. The van der Waals surface area contributed by atoms with Gasteiger partial charge < -0.3 is 20.0 Å². The summed E-state index contributed by atoms with van der Waals surface area (Å²) in [7, 11) is 0. The largest absolute Gasteiger partial charge is 0.393 e. The first-order valence-corrected chi connectivity index (χ1v) is 13.7. The summed E-state index contributed by atoms with van der Waals surface area (Å²) in [5.74, 6) is 0.0300. The van der Waals surface area contributed by atoms with E-state index in [1.165, 1.54) is 0 Å². The number of likely N-dealkylation sites (N-methyl/N-ethyl adjacent to an activating group) is 2. The molecule has 0 saturated carbocycles. The van der Waals surface area contributed by atoms with Gasteiger partial charge in [0.2, 0.25) is 11.8 Å². The summed E-state index contributed by atoms with van der Waals surface area (Å²) in [6.07, 6.45) is 3.33. The van der Waals surface area contributed by atoms with E-state index in [0.717, 1.165) is 0 Å². The first-order valence-electron chi connectivity index (χ1n) is 12.8. The molecule has 2 fully saturated rings. The minimum absolute atomic E-state index is 0.0150. The lowest BCUT2D eigenvalue weighted by Crippen LogP contribution is -2.48. The number of carbonyl (C=O) groups excluding carboxylic acids is 2. The second-order valence-electron chi connectivity index (χ2n) is 11.0. The SMILES string of the molecule is CCN1CC(=O)N(C(C)(C)CCC(O)CCCC(O)CCC(C)(C)N2C(=O)CN(CC)C2=S)C1=S. The number of aliphatic hydroxyl groups is 2. The van der Waals surface area contributed by atoms with E-state index in [9.17, 15) is 19.8 Å². The van der Waals surface area contributed by atoms with Gasteiger partial charge >= 0.3 is 0 Å². The smallest absolute Gasteiger partial charge is 0.248 e. The number of carbonyl (C=O) groups is 2. The molecule has 0 spiro atoms. The molecule has 2 rings (SSSR count). The van der Waals surface area contributed by atoms with Crippen molar-refractivity contribution in [3.05, 3.63) is 0 Å². The van der Waals surface area contributed by atoms with Crippen LogP contribution in [0, 0.1) is 0 Å². The molecule has 2 heterocycles. The van der Waals surface area contributed by atoms with Gasteiger partial charge in [0.15, 0.2) is 10.2 Å². The number of amides is 2. The fraction of sp³-hybridized carbons (Fsp3) is 0.840. The Kier molecular flexibility index (Phi) is 10.5. The van der Waals surface area contributed by atoms with Crippen molar-refractivity contribution in [1.82, 2.24) is 19.6 Å². The van der Waals surface area contributed by atoms with E-state index in [-0.39, 0.29) is 11.8 Å². The van der Waals surface area contributed by atoms with Crippen LogP contribution in [-0.4, -0.2) is 101 Å². The molecule has 0 aliphatic carbocycles. The molecule has 2 saturated heterocycles. The van der Waals surface area contributed by atoms with E-state index in [0.29, 0.717) is 81.3 Å². The topological polar surface area (TPSA) is 87.6 Å². The van der Waals surface area contributed by atoms with E-state index < -0.39 is 23.3 Å². The summed E-state index contributed by atoms with van der Waals surface area (Å²) in [4.78, 5) is 32.1. The zero-order valence-electron chi connectivity index (χ0n) is 22.2. The van der Waals surface area contributed by atoms with Gasteiger partial charge in [0, 0.05) is 24.2 Å². The molecule has 8 nitrogen and oxygen atoms in total. The van der Waals surface area contributed by atoms with Gasteiger partial charge in [-0.1, -0.05) is 0 Å². The number of aliphatic hydroxyl groups excluding tert-OH is 2. The molecule has 0 aromatic heterocycles. The quantitative estimate of drug-likeness (QED) is 0.333. The summed E-state index contributed by atoms with van der Waals surface area (Å²) < 4.78 is 0. The zero-order chi connectivity index (χ0) is 26.6. The average molecular weight is 529 g/mol. The van der Waals surface area contributed by atoms with Gasteiger partial charge in [0.1, 0.15) is 0 Å². The molecular formula is C25H44N4O4S2. The van der Waals surface area contributed by atoms with Crippen LogP contribution in [0.15, 0.2) is 0 Å². The van der Waals surface area contributed by atoms with E-state index in [2.05, 4.69) is 0 Å². The molecule has 0 aromatic rings. The summed E-state index contributed by atoms with van der Waals surface area (Å²) in [6, 6.07) is 0. The van der Waals surface area contributed by atoms with Crippen LogP contribution in [-0.2, 0) is 9.59 Å². The number of rotatable bonds is 14. The molecule has 2 aliphatic rings. The van der Waals surface area contributed by atoms with Crippen molar-refractivity contribution in [3.63, 3.8) is 0 Å². The molecule has 0 bridgehead atoms. The predicted molar refractivity (Wildman–Crippen MR) is 146 cm³/mol. The van der Waals surface area contributed by atoms with E-state index >= 15 is 0 Å². The van der Waals surface area contributed by atoms with Crippen molar-refractivity contribution in [2.24, 2.45) is 0 Å². The Labute approximate surface area is 221 Å². The maximum Gasteiger partial charge on any atom is 0.248 e. The second kappa shape index (κ2) is 12.3. The molecule has 10 heteroatoms. The lowest BCUT2D eigenvalue weighted by atomic mass is 9.91. The Balaban J connectivity index is 1.73. The van der Waals surface area contributed by atoms with Crippen LogP contribution in [0.1, 0.15) is 86.5 Å². The third kappa shape index (κ3) is 7.33.